The van der Waals surface area contributed by atoms with Crippen molar-refractivity contribution in [2.24, 2.45) is 0 Å². The monoisotopic (exact) mass is 331 g/mol. The number of halogens is 1. The third kappa shape index (κ3) is 3.69. The predicted octanol–water partition coefficient (Wildman–Crippen LogP) is 2.71. The molecule has 0 aromatic carbocycles. The van der Waals surface area contributed by atoms with Crippen molar-refractivity contribution in [2.75, 3.05) is 11.9 Å². The van der Waals surface area contributed by atoms with E-state index in [1.54, 1.807) is 24.3 Å². The SMILES string of the molecule is CCNc1cccnc1S(=O)(=O)NCc1ccc(Cl)s1. The maximum absolute atomic E-state index is 12.3. The van der Waals surface area contributed by atoms with E-state index >= 15 is 0 Å². The zero-order chi connectivity index (χ0) is 14.6. The molecule has 20 heavy (non-hydrogen) atoms. The van der Waals surface area contributed by atoms with Crippen molar-refractivity contribution in [2.45, 2.75) is 18.5 Å². The number of pyridine rings is 1. The fourth-order valence-electron chi connectivity index (χ4n) is 1.61. The molecule has 2 aromatic heterocycles. The topological polar surface area (TPSA) is 71.1 Å². The lowest BCUT2D eigenvalue weighted by Gasteiger charge is -2.10. The Morgan fingerprint density at radius 2 is 2.15 bits per heavy atom. The van der Waals surface area contributed by atoms with E-state index in [2.05, 4.69) is 15.0 Å². The molecule has 2 N–H and O–H groups in total. The van der Waals surface area contributed by atoms with Gasteiger partial charge in [0.1, 0.15) is 0 Å². The second-order valence-corrected chi connectivity index (χ2v) is 7.40. The molecule has 0 aliphatic carbocycles. The maximum Gasteiger partial charge on any atom is 0.260 e. The van der Waals surface area contributed by atoms with Gasteiger partial charge in [-0.1, -0.05) is 11.6 Å². The first-order valence-corrected chi connectivity index (χ1v) is 8.63. The molecule has 2 aromatic rings. The highest BCUT2D eigenvalue weighted by atomic mass is 35.5. The second-order valence-electron chi connectivity index (χ2n) is 3.92. The highest BCUT2D eigenvalue weighted by molar-refractivity contribution is 7.89. The normalized spacial score (nSPS) is 11.5. The van der Waals surface area contributed by atoms with Gasteiger partial charge in [-0.15, -0.1) is 11.3 Å². The first kappa shape index (κ1) is 15.2. The summed E-state index contributed by atoms with van der Waals surface area (Å²) in [6, 6.07) is 6.91. The Morgan fingerprint density at radius 1 is 1.35 bits per heavy atom. The number of sulfonamides is 1. The number of aromatic nitrogens is 1. The summed E-state index contributed by atoms with van der Waals surface area (Å²) in [6.07, 6.45) is 1.46. The lowest BCUT2D eigenvalue weighted by molar-refractivity contribution is 0.578. The van der Waals surface area contributed by atoms with Crippen molar-refractivity contribution < 1.29 is 8.42 Å². The van der Waals surface area contributed by atoms with Crippen LogP contribution in [0.25, 0.3) is 0 Å². The maximum atomic E-state index is 12.3. The van der Waals surface area contributed by atoms with Crippen LogP contribution in [-0.2, 0) is 16.6 Å². The van der Waals surface area contributed by atoms with Crippen LogP contribution in [0.4, 0.5) is 5.69 Å². The van der Waals surface area contributed by atoms with Crippen LogP contribution in [0, 0.1) is 0 Å². The van der Waals surface area contributed by atoms with Gasteiger partial charge in [-0.25, -0.2) is 18.1 Å². The molecule has 0 aliphatic heterocycles. The first-order valence-electron chi connectivity index (χ1n) is 5.95. The number of hydrogen-bond acceptors (Lipinski definition) is 5. The summed E-state index contributed by atoms with van der Waals surface area (Å²) >= 11 is 7.15. The Morgan fingerprint density at radius 3 is 2.80 bits per heavy atom. The van der Waals surface area contributed by atoms with Gasteiger partial charge in [0.15, 0.2) is 5.03 Å². The van der Waals surface area contributed by atoms with Gasteiger partial charge >= 0.3 is 0 Å². The summed E-state index contributed by atoms with van der Waals surface area (Å²) in [7, 11) is -3.66. The van der Waals surface area contributed by atoms with Crippen LogP contribution in [-0.4, -0.2) is 19.9 Å². The summed E-state index contributed by atoms with van der Waals surface area (Å²) < 4.78 is 27.7. The number of hydrogen-bond donors (Lipinski definition) is 2. The summed E-state index contributed by atoms with van der Waals surface area (Å²) in [6.45, 7) is 2.71. The molecule has 108 valence electrons. The average Bonchev–Trinajstić information content (AvgIpc) is 2.83. The molecule has 0 atom stereocenters. The van der Waals surface area contributed by atoms with E-state index in [-0.39, 0.29) is 11.6 Å². The number of nitrogens with zero attached hydrogens (tertiary/aromatic N) is 1. The van der Waals surface area contributed by atoms with E-state index in [1.165, 1.54) is 17.5 Å². The Kier molecular flexibility index (Phi) is 4.98. The largest absolute Gasteiger partial charge is 0.383 e. The van der Waals surface area contributed by atoms with Crippen molar-refractivity contribution in [3.8, 4) is 0 Å². The fourth-order valence-corrected chi connectivity index (χ4v) is 3.84. The Balaban J connectivity index is 2.18. The summed E-state index contributed by atoms with van der Waals surface area (Å²) in [5.41, 5.74) is 0.492. The highest BCUT2D eigenvalue weighted by Crippen LogP contribution is 2.22. The Hall–Kier alpha value is -1.15. The fraction of sp³-hybridized carbons (Fsp3) is 0.250. The summed E-state index contributed by atoms with van der Waals surface area (Å²) in [5, 5.41) is 2.99. The molecule has 0 spiro atoms. The quantitative estimate of drug-likeness (QED) is 0.853. The van der Waals surface area contributed by atoms with Gasteiger partial charge in [0.05, 0.1) is 10.0 Å². The molecule has 5 nitrogen and oxygen atoms in total. The van der Waals surface area contributed by atoms with E-state index in [4.69, 9.17) is 11.6 Å². The van der Waals surface area contributed by atoms with Gasteiger partial charge in [0.25, 0.3) is 10.0 Å². The van der Waals surface area contributed by atoms with Crippen LogP contribution in [0.2, 0.25) is 4.34 Å². The van der Waals surface area contributed by atoms with Crippen molar-refractivity contribution in [3.05, 3.63) is 39.7 Å². The van der Waals surface area contributed by atoms with E-state index < -0.39 is 10.0 Å². The third-order valence-corrected chi connectivity index (χ3v) is 5.05. The standard InChI is InChI=1S/C12H14ClN3O2S2/c1-2-14-10-4-3-7-15-12(10)20(17,18)16-8-9-5-6-11(13)19-9/h3-7,14,16H,2,8H2,1H3. The summed E-state index contributed by atoms with van der Waals surface area (Å²) in [4.78, 5) is 4.80. The van der Waals surface area contributed by atoms with Gasteiger partial charge in [0.2, 0.25) is 0 Å². The molecule has 2 heterocycles. The van der Waals surface area contributed by atoms with Crippen molar-refractivity contribution >= 4 is 38.6 Å². The zero-order valence-corrected chi connectivity index (χ0v) is 13.1. The van der Waals surface area contributed by atoms with Crippen LogP contribution >= 0.6 is 22.9 Å². The molecule has 8 heteroatoms. The van der Waals surface area contributed by atoms with Crippen molar-refractivity contribution in [3.63, 3.8) is 0 Å². The molecule has 0 unspecified atom stereocenters. The van der Waals surface area contributed by atoms with Gasteiger partial charge in [-0.05, 0) is 31.2 Å². The molecular weight excluding hydrogens is 318 g/mol. The molecule has 0 aliphatic rings. The van der Waals surface area contributed by atoms with Crippen LogP contribution in [0.5, 0.6) is 0 Å². The molecule has 0 bridgehead atoms. The first-order chi connectivity index (χ1) is 9.53. The Bertz CT molecular complexity index is 686. The van der Waals surface area contributed by atoms with Gasteiger partial charge in [0, 0.05) is 24.2 Å². The second kappa shape index (κ2) is 6.53. The lowest BCUT2D eigenvalue weighted by atomic mass is 10.4. The van der Waals surface area contributed by atoms with Crippen LogP contribution < -0.4 is 10.0 Å². The van der Waals surface area contributed by atoms with Crippen molar-refractivity contribution in [1.82, 2.24) is 9.71 Å². The Labute approximate surface area is 127 Å². The van der Waals surface area contributed by atoms with E-state index in [1.807, 2.05) is 6.92 Å². The number of thiophene rings is 1. The minimum atomic E-state index is -3.66. The minimum absolute atomic E-state index is 0.00417. The molecule has 0 saturated heterocycles. The van der Waals surface area contributed by atoms with Gasteiger partial charge in [-0.2, -0.15) is 0 Å². The number of nitrogens with one attached hydrogen (secondary N) is 2. The third-order valence-electron chi connectivity index (χ3n) is 2.46. The molecule has 0 amide bonds. The van der Waals surface area contributed by atoms with Crippen LogP contribution in [0.3, 0.4) is 0 Å². The molecule has 0 radical (unpaired) electrons. The number of rotatable bonds is 6. The van der Waals surface area contributed by atoms with E-state index in [0.717, 1.165) is 4.88 Å². The van der Waals surface area contributed by atoms with Crippen LogP contribution in [0.1, 0.15) is 11.8 Å². The molecule has 0 saturated carbocycles. The van der Waals surface area contributed by atoms with Crippen LogP contribution in [0.15, 0.2) is 35.5 Å². The highest BCUT2D eigenvalue weighted by Gasteiger charge is 2.19. The zero-order valence-electron chi connectivity index (χ0n) is 10.8. The van der Waals surface area contributed by atoms with Crippen molar-refractivity contribution in [1.29, 1.82) is 0 Å². The van der Waals surface area contributed by atoms with Gasteiger partial charge in [-0.3, -0.25) is 0 Å². The molecular formula is C12H14ClN3O2S2. The molecule has 2 rings (SSSR count). The lowest BCUT2D eigenvalue weighted by Crippen LogP contribution is -2.25. The van der Waals surface area contributed by atoms with E-state index in [0.29, 0.717) is 16.6 Å². The minimum Gasteiger partial charge on any atom is -0.383 e. The smallest absolute Gasteiger partial charge is 0.260 e. The predicted molar refractivity (Wildman–Crippen MR) is 81.8 cm³/mol. The van der Waals surface area contributed by atoms with E-state index in [9.17, 15) is 8.42 Å². The summed E-state index contributed by atoms with van der Waals surface area (Å²) in [5.74, 6) is 0. The number of anilines is 1. The molecule has 0 fully saturated rings. The van der Waals surface area contributed by atoms with Gasteiger partial charge < -0.3 is 5.32 Å². The average molecular weight is 332 g/mol.